The maximum Gasteiger partial charge on any atom is 0.145 e. The Morgan fingerprint density at radius 2 is 1.36 bits per heavy atom. The highest BCUT2D eigenvalue weighted by Gasteiger charge is 2.37. The Kier molecular flexibility index (Phi) is 4.44. The molecule has 0 bridgehead atoms. The van der Waals surface area contributed by atoms with E-state index in [2.05, 4.69) is 86.3 Å². The minimum atomic E-state index is -1.88. The molecule has 2 aromatic rings. The van der Waals surface area contributed by atoms with Crippen molar-refractivity contribution >= 4 is 18.4 Å². The Bertz CT molecular complexity index is 641. The first kappa shape index (κ1) is 15.0. The van der Waals surface area contributed by atoms with Crippen LogP contribution in [-0.4, -0.2) is 8.07 Å². The van der Waals surface area contributed by atoms with E-state index in [0.717, 1.165) is 6.42 Å². The van der Waals surface area contributed by atoms with Crippen LogP contribution in [0.25, 0.3) is 0 Å². The molecular weight excluding hydrogens is 280 g/mol. The van der Waals surface area contributed by atoms with Gasteiger partial charge in [0, 0.05) is 0 Å². The average molecular weight is 305 g/mol. The van der Waals surface area contributed by atoms with Crippen molar-refractivity contribution in [3.8, 4) is 0 Å². The van der Waals surface area contributed by atoms with Gasteiger partial charge in [-0.25, -0.2) is 0 Å². The van der Waals surface area contributed by atoms with Gasteiger partial charge in [0.25, 0.3) is 0 Å². The second kappa shape index (κ2) is 6.49. The zero-order valence-corrected chi connectivity index (χ0v) is 14.5. The third kappa shape index (κ3) is 2.61. The molecule has 0 fully saturated rings. The van der Waals surface area contributed by atoms with E-state index in [4.69, 9.17) is 0 Å². The van der Waals surface area contributed by atoms with Crippen LogP contribution < -0.4 is 10.4 Å². The zero-order valence-electron chi connectivity index (χ0n) is 13.5. The lowest BCUT2D eigenvalue weighted by Gasteiger charge is -2.32. The van der Waals surface area contributed by atoms with Gasteiger partial charge in [-0.15, -0.1) is 0 Å². The van der Waals surface area contributed by atoms with Gasteiger partial charge in [-0.3, -0.25) is 0 Å². The molecule has 1 heteroatoms. The third-order valence-electron chi connectivity index (χ3n) is 4.79. The summed E-state index contributed by atoms with van der Waals surface area (Å²) in [6, 6.07) is 22.3. The molecule has 1 aliphatic rings. The van der Waals surface area contributed by atoms with Crippen LogP contribution in [0.2, 0.25) is 6.55 Å². The Morgan fingerprint density at radius 3 is 1.86 bits per heavy atom. The van der Waals surface area contributed by atoms with Gasteiger partial charge in [0.05, 0.1) is 0 Å². The van der Waals surface area contributed by atoms with E-state index < -0.39 is 8.07 Å². The average Bonchev–Trinajstić information content (AvgIpc) is 3.05. The third-order valence-corrected chi connectivity index (χ3v) is 9.37. The van der Waals surface area contributed by atoms with Crippen molar-refractivity contribution in [2.75, 3.05) is 0 Å². The highest BCUT2D eigenvalue weighted by atomic mass is 28.3. The molecule has 0 heterocycles. The van der Waals surface area contributed by atoms with Gasteiger partial charge in [-0.2, -0.15) is 0 Å². The molecule has 0 spiro atoms. The van der Waals surface area contributed by atoms with E-state index in [9.17, 15) is 0 Å². The fourth-order valence-corrected chi connectivity index (χ4v) is 7.68. The van der Waals surface area contributed by atoms with Crippen LogP contribution in [0.3, 0.4) is 0 Å². The lowest BCUT2D eigenvalue weighted by Crippen LogP contribution is -2.57. The van der Waals surface area contributed by atoms with Crippen LogP contribution in [0.4, 0.5) is 0 Å². The monoisotopic (exact) mass is 304 g/mol. The molecule has 0 aliphatic heterocycles. The predicted molar refractivity (Wildman–Crippen MR) is 99.5 cm³/mol. The Morgan fingerprint density at radius 1 is 0.818 bits per heavy atom. The van der Waals surface area contributed by atoms with Crippen LogP contribution in [0.1, 0.15) is 26.2 Å². The maximum atomic E-state index is 2.51. The number of benzene rings is 2. The molecule has 2 aromatic carbocycles. The maximum absolute atomic E-state index is 2.51. The highest BCUT2D eigenvalue weighted by molar-refractivity contribution is 7.07. The van der Waals surface area contributed by atoms with E-state index in [1.54, 1.807) is 10.8 Å². The lowest BCUT2D eigenvalue weighted by molar-refractivity contribution is 0.923. The van der Waals surface area contributed by atoms with Crippen LogP contribution in [0.15, 0.2) is 83.6 Å². The smallest absolute Gasteiger partial charge is 0.0804 e. The zero-order chi connectivity index (χ0) is 15.4. The van der Waals surface area contributed by atoms with Gasteiger partial charge in [-0.05, 0) is 23.2 Å². The Balaban J connectivity index is 2.15. The van der Waals surface area contributed by atoms with Crippen molar-refractivity contribution in [1.82, 2.24) is 0 Å². The van der Waals surface area contributed by atoms with Crippen molar-refractivity contribution in [3.63, 3.8) is 0 Å². The molecule has 0 atom stereocenters. The number of rotatable bonds is 5. The van der Waals surface area contributed by atoms with Crippen LogP contribution in [0.5, 0.6) is 0 Å². The van der Waals surface area contributed by atoms with Crippen molar-refractivity contribution in [3.05, 3.63) is 83.6 Å². The standard InChI is InChI=1S/C21H24Si/c1-3-11-18-12-10-17-21(18)22(2,19-13-6-4-7-14-19)20-15-8-5-9-16-20/h4-9,12-17H,3,10-11H2,1-2H3. The molecule has 0 aromatic heterocycles. The van der Waals surface area contributed by atoms with Crippen molar-refractivity contribution in [2.45, 2.75) is 32.7 Å². The number of hydrogen-bond acceptors (Lipinski definition) is 0. The van der Waals surface area contributed by atoms with Gasteiger partial charge in [-0.1, -0.05) is 103 Å². The predicted octanol–water partition coefficient (Wildman–Crippen LogP) is 4.48. The second-order valence-electron chi connectivity index (χ2n) is 6.19. The summed E-state index contributed by atoms with van der Waals surface area (Å²) in [6.45, 7) is 4.79. The molecule has 0 amide bonds. The first-order valence-corrected chi connectivity index (χ1v) is 10.8. The molecule has 112 valence electrons. The summed E-state index contributed by atoms with van der Waals surface area (Å²) in [6.07, 6.45) is 8.45. The molecule has 0 nitrogen and oxygen atoms in total. The van der Waals surface area contributed by atoms with Crippen molar-refractivity contribution in [1.29, 1.82) is 0 Å². The largest absolute Gasteiger partial charge is 0.145 e. The summed E-state index contributed by atoms with van der Waals surface area (Å²) < 4.78 is 0. The summed E-state index contributed by atoms with van der Waals surface area (Å²) in [5.74, 6) is 0. The van der Waals surface area contributed by atoms with Gasteiger partial charge in [0.1, 0.15) is 8.07 Å². The molecule has 3 rings (SSSR count). The molecular formula is C21H24Si. The van der Waals surface area contributed by atoms with Gasteiger partial charge in [0.2, 0.25) is 0 Å². The van der Waals surface area contributed by atoms with E-state index in [0.29, 0.717) is 0 Å². The summed E-state index contributed by atoms with van der Waals surface area (Å²) >= 11 is 0. The van der Waals surface area contributed by atoms with Crippen LogP contribution >= 0.6 is 0 Å². The van der Waals surface area contributed by atoms with E-state index in [1.807, 2.05) is 0 Å². The Hall–Kier alpha value is -1.86. The van der Waals surface area contributed by atoms with E-state index in [1.165, 1.54) is 23.2 Å². The Labute approximate surface area is 135 Å². The minimum absolute atomic E-state index is 1.10. The van der Waals surface area contributed by atoms with E-state index >= 15 is 0 Å². The molecule has 0 saturated heterocycles. The van der Waals surface area contributed by atoms with Crippen molar-refractivity contribution < 1.29 is 0 Å². The summed E-state index contributed by atoms with van der Waals surface area (Å²) in [7, 11) is -1.88. The molecule has 0 N–H and O–H groups in total. The van der Waals surface area contributed by atoms with Gasteiger partial charge < -0.3 is 0 Å². The summed E-state index contributed by atoms with van der Waals surface area (Å²) in [5.41, 5.74) is 1.59. The topological polar surface area (TPSA) is 0 Å². The van der Waals surface area contributed by atoms with Crippen LogP contribution in [-0.2, 0) is 0 Å². The normalized spacial score (nSPS) is 14.6. The SMILES string of the molecule is CCCC1=CCC=C1[Si](C)(c1ccccc1)c1ccccc1. The van der Waals surface area contributed by atoms with Gasteiger partial charge >= 0.3 is 0 Å². The van der Waals surface area contributed by atoms with Crippen LogP contribution in [0, 0.1) is 0 Å². The molecule has 0 unspecified atom stereocenters. The molecule has 0 saturated carbocycles. The van der Waals surface area contributed by atoms with E-state index in [-0.39, 0.29) is 0 Å². The second-order valence-corrected chi connectivity index (χ2v) is 10.1. The first-order valence-electron chi connectivity index (χ1n) is 8.28. The molecule has 22 heavy (non-hydrogen) atoms. The first-order chi connectivity index (χ1) is 10.8. The summed E-state index contributed by atoms with van der Waals surface area (Å²) in [4.78, 5) is 0. The molecule has 1 aliphatic carbocycles. The number of allylic oxidation sites excluding steroid dienone is 4. The quantitative estimate of drug-likeness (QED) is 0.715. The highest BCUT2D eigenvalue weighted by Crippen LogP contribution is 2.31. The van der Waals surface area contributed by atoms with Gasteiger partial charge in [0.15, 0.2) is 0 Å². The lowest BCUT2D eigenvalue weighted by atomic mass is 10.2. The fourth-order valence-electron chi connectivity index (χ4n) is 3.61. The molecule has 0 radical (unpaired) electrons. The minimum Gasteiger partial charge on any atom is -0.0804 e. The summed E-state index contributed by atoms with van der Waals surface area (Å²) in [5, 5.41) is 4.65. The fraction of sp³-hybridized carbons (Fsp3) is 0.238. The van der Waals surface area contributed by atoms with Crippen molar-refractivity contribution in [2.24, 2.45) is 0 Å². The number of hydrogen-bond donors (Lipinski definition) is 0.